The molecule has 0 spiro atoms. The number of aliphatic carboxylic acids is 2. The topological polar surface area (TPSA) is 154 Å². The molecule has 9 nitrogen and oxygen atoms in total. The Balaban J connectivity index is 2.09. The molecule has 2 unspecified atom stereocenters. The molecule has 0 aliphatic carbocycles. The Kier molecular flexibility index (Phi) is 5.52. The Bertz CT molecular complexity index is 624. The van der Waals surface area contributed by atoms with Gasteiger partial charge in [-0.2, -0.15) is 0 Å². The van der Waals surface area contributed by atoms with Crippen LogP contribution in [-0.4, -0.2) is 68.2 Å². The largest absolute Gasteiger partial charge is 0.479 e. The molecule has 0 bridgehead atoms. The van der Waals surface area contributed by atoms with Crippen LogP contribution in [0.25, 0.3) is 6.08 Å². The fraction of sp³-hybridized carbons (Fsp3) is 0.333. The van der Waals surface area contributed by atoms with E-state index in [0.717, 1.165) is 6.08 Å². The number of ether oxygens (including phenoxy) is 2. The van der Waals surface area contributed by atoms with Gasteiger partial charge in [-0.15, -0.1) is 0 Å². The van der Waals surface area contributed by atoms with Gasteiger partial charge in [-0.1, -0.05) is 12.1 Å². The molecule has 1 aromatic rings. The molecule has 0 saturated carbocycles. The number of carbonyl (C=O) groups is 2. The van der Waals surface area contributed by atoms with Crippen LogP contribution in [0.3, 0.4) is 0 Å². The smallest absolute Gasteiger partial charge is 0.335 e. The first kappa shape index (κ1) is 17.9. The molecular weight excluding hydrogens is 324 g/mol. The van der Waals surface area contributed by atoms with Crippen LogP contribution >= 0.6 is 0 Å². The number of hydrogen-bond donors (Lipinski definition) is 5. The second-order valence-corrected chi connectivity index (χ2v) is 5.09. The van der Waals surface area contributed by atoms with Gasteiger partial charge < -0.3 is 35.0 Å². The predicted molar refractivity (Wildman–Crippen MR) is 78.1 cm³/mol. The van der Waals surface area contributed by atoms with Gasteiger partial charge in [0.15, 0.2) is 6.10 Å². The van der Waals surface area contributed by atoms with E-state index in [4.69, 9.17) is 19.7 Å². The van der Waals surface area contributed by atoms with Crippen molar-refractivity contribution >= 4 is 18.0 Å². The first-order valence-electron chi connectivity index (χ1n) is 6.90. The van der Waals surface area contributed by atoms with Crippen LogP contribution < -0.4 is 4.74 Å². The molecule has 1 aliphatic rings. The highest BCUT2D eigenvalue weighted by molar-refractivity contribution is 5.85. The zero-order valence-electron chi connectivity index (χ0n) is 12.2. The van der Waals surface area contributed by atoms with Crippen molar-refractivity contribution in [3.8, 4) is 5.75 Å². The van der Waals surface area contributed by atoms with Crippen molar-refractivity contribution in [2.75, 3.05) is 0 Å². The van der Waals surface area contributed by atoms with E-state index in [-0.39, 0.29) is 5.75 Å². The van der Waals surface area contributed by atoms with E-state index in [9.17, 15) is 24.9 Å². The van der Waals surface area contributed by atoms with Crippen molar-refractivity contribution < 1.29 is 44.6 Å². The Morgan fingerprint density at radius 2 is 1.62 bits per heavy atom. The molecule has 5 atom stereocenters. The van der Waals surface area contributed by atoms with E-state index >= 15 is 0 Å². The quantitative estimate of drug-likeness (QED) is 0.427. The molecule has 1 aromatic carbocycles. The van der Waals surface area contributed by atoms with Crippen LogP contribution in [0.4, 0.5) is 0 Å². The second kappa shape index (κ2) is 7.41. The van der Waals surface area contributed by atoms with Crippen LogP contribution in [0, 0.1) is 0 Å². The summed E-state index contributed by atoms with van der Waals surface area (Å²) in [5.74, 6) is -2.41. The van der Waals surface area contributed by atoms with Crippen molar-refractivity contribution in [2.45, 2.75) is 30.7 Å². The van der Waals surface area contributed by atoms with Crippen LogP contribution in [0.1, 0.15) is 5.56 Å². The summed E-state index contributed by atoms with van der Waals surface area (Å²) in [5.41, 5.74) is 0.578. The molecule has 9 heteroatoms. The van der Waals surface area contributed by atoms with E-state index in [2.05, 4.69) is 0 Å². The molecule has 1 fully saturated rings. The number of hydrogen-bond acceptors (Lipinski definition) is 7. The SMILES string of the molecule is O=C(O)/C=C/c1ccc(O[C@@H]2OC(C(=O)O)[C@@H](O)[C@H](O)C2O)cc1. The first-order chi connectivity index (χ1) is 11.3. The maximum Gasteiger partial charge on any atom is 0.335 e. The predicted octanol–water partition coefficient (Wildman–Crippen LogP) is -0.945. The van der Waals surface area contributed by atoms with Gasteiger partial charge in [0.2, 0.25) is 6.29 Å². The van der Waals surface area contributed by atoms with Crippen molar-refractivity contribution in [3.05, 3.63) is 35.9 Å². The van der Waals surface area contributed by atoms with Crippen LogP contribution in [0.2, 0.25) is 0 Å². The lowest BCUT2D eigenvalue weighted by Crippen LogP contribution is -2.61. The second-order valence-electron chi connectivity index (χ2n) is 5.09. The first-order valence-corrected chi connectivity index (χ1v) is 6.90. The maximum atomic E-state index is 11.0. The summed E-state index contributed by atoms with van der Waals surface area (Å²) in [6.45, 7) is 0. The average Bonchev–Trinajstić information content (AvgIpc) is 2.54. The molecule has 1 aliphatic heterocycles. The fourth-order valence-corrected chi connectivity index (χ4v) is 2.11. The highest BCUT2D eigenvalue weighted by Crippen LogP contribution is 2.25. The van der Waals surface area contributed by atoms with Gasteiger partial charge >= 0.3 is 11.9 Å². The number of aliphatic hydroxyl groups is 3. The van der Waals surface area contributed by atoms with Gasteiger partial charge in [0, 0.05) is 6.08 Å². The summed E-state index contributed by atoms with van der Waals surface area (Å²) in [7, 11) is 0. The number of benzene rings is 1. The molecular formula is C15H16O9. The lowest BCUT2D eigenvalue weighted by molar-refractivity contribution is -0.271. The Morgan fingerprint density at radius 3 is 2.17 bits per heavy atom. The minimum atomic E-state index is -1.79. The van der Waals surface area contributed by atoms with E-state index in [1.807, 2.05) is 0 Å². The molecule has 0 aromatic heterocycles. The summed E-state index contributed by atoms with van der Waals surface area (Å²) >= 11 is 0. The number of carboxylic acid groups (broad SMARTS) is 2. The average molecular weight is 340 g/mol. The van der Waals surface area contributed by atoms with Gasteiger partial charge in [0.1, 0.15) is 24.1 Å². The van der Waals surface area contributed by atoms with Gasteiger partial charge in [0.25, 0.3) is 0 Å². The lowest BCUT2D eigenvalue weighted by atomic mass is 9.99. The maximum absolute atomic E-state index is 11.0. The van der Waals surface area contributed by atoms with Crippen molar-refractivity contribution in [3.63, 3.8) is 0 Å². The number of aliphatic hydroxyl groups excluding tert-OH is 3. The van der Waals surface area contributed by atoms with E-state index in [1.54, 1.807) is 0 Å². The Morgan fingerprint density at radius 1 is 1.00 bits per heavy atom. The van der Waals surface area contributed by atoms with Crippen molar-refractivity contribution in [2.24, 2.45) is 0 Å². The number of carboxylic acids is 2. The summed E-state index contributed by atoms with van der Waals surface area (Å²) in [6.07, 6.45) is -6.11. The van der Waals surface area contributed by atoms with Gasteiger partial charge in [-0.25, -0.2) is 9.59 Å². The van der Waals surface area contributed by atoms with Crippen molar-refractivity contribution in [1.82, 2.24) is 0 Å². The fourth-order valence-electron chi connectivity index (χ4n) is 2.11. The highest BCUT2D eigenvalue weighted by Gasteiger charge is 2.48. The molecule has 0 radical (unpaired) electrons. The minimum Gasteiger partial charge on any atom is -0.479 e. The Labute approximate surface area is 136 Å². The third-order valence-electron chi connectivity index (χ3n) is 3.36. The van der Waals surface area contributed by atoms with E-state index < -0.39 is 42.6 Å². The van der Waals surface area contributed by atoms with E-state index in [1.165, 1.54) is 30.3 Å². The minimum absolute atomic E-state index is 0.194. The lowest BCUT2D eigenvalue weighted by Gasteiger charge is -2.38. The molecule has 1 saturated heterocycles. The van der Waals surface area contributed by atoms with Gasteiger partial charge in [-0.05, 0) is 23.8 Å². The standard InChI is InChI=1S/C15H16O9/c16-9(17)6-3-7-1-4-8(5-2-7)23-15-12(20)10(18)11(19)13(24-15)14(21)22/h1-6,10-13,15,18-20H,(H,16,17)(H,21,22)/b6-3+/t10-,11-,12?,13?,15+/m0/s1. The van der Waals surface area contributed by atoms with Crippen LogP contribution in [0.15, 0.2) is 30.3 Å². The molecule has 24 heavy (non-hydrogen) atoms. The number of rotatable bonds is 5. The summed E-state index contributed by atoms with van der Waals surface area (Å²) < 4.78 is 10.3. The monoisotopic (exact) mass is 340 g/mol. The molecule has 2 rings (SSSR count). The van der Waals surface area contributed by atoms with E-state index in [0.29, 0.717) is 5.56 Å². The normalized spacial score (nSPS) is 30.2. The van der Waals surface area contributed by atoms with Gasteiger partial charge in [0.05, 0.1) is 0 Å². The summed E-state index contributed by atoms with van der Waals surface area (Å²) in [6, 6.07) is 5.96. The molecule has 1 heterocycles. The third kappa shape index (κ3) is 4.09. The molecule has 0 amide bonds. The highest BCUT2D eigenvalue weighted by atomic mass is 16.7. The van der Waals surface area contributed by atoms with Crippen molar-refractivity contribution in [1.29, 1.82) is 0 Å². The zero-order chi connectivity index (χ0) is 17.9. The summed E-state index contributed by atoms with van der Waals surface area (Å²) in [4.78, 5) is 21.4. The summed E-state index contributed by atoms with van der Waals surface area (Å²) in [5, 5.41) is 46.6. The molecule has 130 valence electrons. The third-order valence-corrected chi connectivity index (χ3v) is 3.36. The van der Waals surface area contributed by atoms with Gasteiger partial charge in [-0.3, -0.25) is 0 Å². The van der Waals surface area contributed by atoms with Crippen LogP contribution in [0.5, 0.6) is 5.75 Å². The molecule has 5 N–H and O–H groups in total. The Hall–Kier alpha value is -2.46. The van der Waals surface area contributed by atoms with Crippen LogP contribution in [-0.2, 0) is 14.3 Å². The zero-order valence-corrected chi connectivity index (χ0v) is 12.2.